The third kappa shape index (κ3) is 5.44. The molecule has 7 unspecified atom stereocenters. The second-order valence-corrected chi connectivity index (χ2v) is 8.99. The van der Waals surface area contributed by atoms with Crippen LogP contribution in [0.25, 0.3) is 0 Å². The van der Waals surface area contributed by atoms with Crippen LogP contribution < -0.4 is 0 Å². The number of ether oxygens (including phenoxy) is 3. The molecule has 0 amide bonds. The SMILES string of the molecule is O=C(O)CCCCC(CC1CCC2OC2C1)C(=O)OCC1CCC2OC2C1. The minimum atomic E-state index is -0.767. The molecule has 0 radical (unpaired) electrons. The summed E-state index contributed by atoms with van der Waals surface area (Å²) in [4.78, 5) is 23.5. The van der Waals surface area contributed by atoms with E-state index in [1.54, 1.807) is 0 Å². The first kappa shape index (κ1) is 19.2. The van der Waals surface area contributed by atoms with Crippen LogP contribution in [-0.2, 0) is 23.8 Å². The van der Waals surface area contributed by atoms with Gasteiger partial charge in [0.15, 0.2) is 0 Å². The summed E-state index contributed by atoms with van der Waals surface area (Å²) < 4.78 is 16.9. The monoisotopic (exact) mass is 380 g/mol. The van der Waals surface area contributed by atoms with Crippen LogP contribution in [0, 0.1) is 17.8 Å². The Balaban J connectivity index is 1.23. The summed E-state index contributed by atoms with van der Waals surface area (Å²) >= 11 is 0. The maximum atomic E-state index is 12.8. The zero-order valence-corrected chi connectivity index (χ0v) is 16.0. The molecular weight excluding hydrogens is 348 g/mol. The molecule has 27 heavy (non-hydrogen) atoms. The van der Waals surface area contributed by atoms with Crippen LogP contribution in [0.15, 0.2) is 0 Å². The largest absolute Gasteiger partial charge is 0.481 e. The molecule has 6 heteroatoms. The van der Waals surface area contributed by atoms with Gasteiger partial charge in [-0.25, -0.2) is 0 Å². The summed E-state index contributed by atoms with van der Waals surface area (Å²) in [5, 5.41) is 8.82. The van der Waals surface area contributed by atoms with E-state index in [-0.39, 0.29) is 18.3 Å². The van der Waals surface area contributed by atoms with Crippen LogP contribution in [0.5, 0.6) is 0 Å². The number of esters is 1. The maximum absolute atomic E-state index is 12.8. The maximum Gasteiger partial charge on any atom is 0.308 e. The lowest BCUT2D eigenvalue weighted by Gasteiger charge is -2.25. The second-order valence-electron chi connectivity index (χ2n) is 8.99. The predicted octanol–water partition coefficient (Wildman–Crippen LogP) is 3.32. The molecule has 4 aliphatic rings. The van der Waals surface area contributed by atoms with Gasteiger partial charge in [0.05, 0.1) is 36.9 Å². The van der Waals surface area contributed by atoms with Crippen LogP contribution in [0.1, 0.15) is 70.6 Å². The molecule has 4 fully saturated rings. The first-order valence-electron chi connectivity index (χ1n) is 10.8. The van der Waals surface area contributed by atoms with Crippen molar-refractivity contribution >= 4 is 11.9 Å². The van der Waals surface area contributed by atoms with Crippen molar-refractivity contribution in [3.63, 3.8) is 0 Å². The molecule has 6 nitrogen and oxygen atoms in total. The Bertz CT molecular complexity index is 549. The number of epoxide rings is 2. The van der Waals surface area contributed by atoms with E-state index in [4.69, 9.17) is 19.3 Å². The fourth-order valence-corrected chi connectivity index (χ4v) is 5.06. The molecule has 2 aliphatic heterocycles. The summed E-state index contributed by atoms with van der Waals surface area (Å²) in [7, 11) is 0. The first-order chi connectivity index (χ1) is 13.1. The number of rotatable bonds is 10. The van der Waals surface area contributed by atoms with Crippen molar-refractivity contribution in [3.8, 4) is 0 Å². The van der Waals surface area contributed by atoms with Gasteiger partial charge in [0.25, 0.3) is 0 Å². The fourth-order valence-electron chi connectivity index (χ4n) is 5.06. The van der Waals surface area contributed by atoms with Gasteiger partial charge in [-0.15, -0.1) is 0 Å². The van der Waals surface area contributed by atoms with Gasteiger partial charge in [-0.1, -0.05) is 6.42 Å². The molecule has 2 aliphatic carbocycles. The quantitative estimate of drug-likeness (QED) is 0.355. The van der Waals surface area contributed by atoms with Crippen LogP contribution in [0.4, 0.5) is 0 Å². The number of carbonyl (C=O) groups is 2. The van der Waals surface area contributed by atoms with E-state index in [1.807, 2.05) is 0 Å². The molecule has 0 spiro atoms. The molecule has 152 valence electrons. The predicted molar refractivity (Wildman–Crippen MR) is 97.2 cm³/mol. The number of carboxylic acid groups (broad SMARTS) is 1. The number of fused-ring (bicyclic) bond motifs is 2. The normalized spacial score (nSPS) is 37.6. The summed E-state index contributed by atoms with van der Waals surface area (Å²) in [6, 6.07) is 0. The van der Waals surface area contributed by atoms with Gasteiger partial charge in [0.2, 0.25) is 0 Å². The Kier molecular flexibility index (Phi) is 6.02. The zero-order valence-electron chi connectivity index (χ0n) is 16.0. The summed E-state index contributed by atoms with van der Waals surface area (Å²) in [6.07, 6.45) is 11.4. The average Bonchev–Trinajstić information content (AvgIpc) is 3.55. The van der Waals surface area contributed by atoms with E-state index in [0.29, 0.717) is 49.3 Å². The number of unbranched alkanes of at least 4 members (excludes halogenated alkanes) is 1. The van der Waals surface area contributed by atoms with Crippen molar-refractivity contribution in [2.24, 2.45) is 17.8 Å². The van der Waals surface area contributed by atoms with E-state index in [0.717, 1.165) is 57.8 Å². The van der Waals surface area contributed by atoms with Gasteiger partial charge in [-0.3, -0.25) is 9.59 Å². The number of carbonyl (C=O) groups excluding carboxylic acids is 1. The smallest absolute Gasteiger partial charge is 0.308 e. The zero-order chi connectivity index (χ0) is 18.8. The lowest BCUT2D eigenvalue weighted by molar-refractivity contribution is -0.151. The molecule has 0 bridgehead atoms. The Labute approximate surface area is 160 Å². The highest BCUT2D eigenvalue weighted by molar-refractivity contribution is 5.72. The van der Waals surface area contributed by atoms with Crippen LogP contribution in [-0.4, -0.2) is 48.1 Å². The molecule has 2 saturated carbocycles. The third-order valence-corrected chi connectivity index (χ3v) is 6.83. The molecule has 7 atom stereocenters. The van der Waals surface area contributed by atoms with Gasteiger partial charge < -0.3 is 19.3 Å². The third-order valence-electron chi connectivity index (χ3n) is 6.83. The van der Waals surface area contributed by atoms with Crippen LogP contribution >= 0.6 is 0 Å². The lowest BCUT2D eigenvalue weighted by atomic mass is 9.81. The van der Waals surface area contributed by atoms with Crippen LogP contribution in [0.3, 0.4) is 0 Å². The van der Waals surface area contributed by atoms with E-state index >= 15 is 0 Å². The van der Waals surface area contributed by atoms with Crippen molar-refractivity contribution in [1.29, 1.82) is 0 Å². The molecule has 0 aromatic heterocycles. The second kappa shape index (κ2) is 8.48. The van der Waals surface area contributed by atoms with Gasteiger partial charge >= 0.3 is 11.9 Å². The highest BCUT2D eigenvalue weighted by Gasteiger charge is 2.45. The summed E-state index contributed by atoms with van der Waals surface area (Å²) in [5.41, 5.74) is 0. The number of hydrogen-bond acceptors (Lipinski definition) is 5. The van der Waals surface area contributed by atoms with Crippen molar-refractivity contribution in [2.75, 3.05) is 6.61 Å². The Morgan fingerprint density at radius 2 is 1.59 bits per heavy atom. The molecule has 2 saturated heterocycles. The molecule has 2 heterocycles. The van der Waals surface area contributed by atoms with Gasteiger partial charge in [-0.2, -0.15) is 0 Å². The fraction of sp³-hybridized carbons (Fsp3) is 0.905. The average molecular weight is 380 g/mol. The topological polar surface area (TPSA) is 88.7 Å². The van der Waals surface area contributed by atoms with E-state index < -0.39 is 5.97 Å². The van der Waals surface area contributed by atoms with Crippen molar-refractivity contribution in [1.82, 2.24) is 0 Å². The number of carboxylic acids is 1. The minimum absolute atomic E-state index is 0.0806. The molecule has 0 aromatic carbocycles. The van der Waals surface area contributed by atoms with Crippen molar-refractivity contribution in [3.05, 3.63) is 0 Å². The Morgan fingerprint density at radius 1 is 0.926 bits per heavy atom. The van der Waals surface area contributed by atoms with E-state index in [9.17, 15) is 9.59 Å². The highest BCUT2D eigenvalue weighted by atomic mass is 16.6. The Morgan fingerprint density at radius 3 is 2.26 bits per heavy atom. The van der Waals surface area contributed by atoms with Crippen molar-refractivity contribution < 1.29 is 28.9 Å². The lowest BCUT2D eigenvalue weighted by Crippen LogP contribution is -2.27. The number of hydrogen-bond donors (Lipinski definition) is 1. The van der Waals surface area contributed by atoms with Gasteiger partial charge in [-0.05, 0) is 69.6 Å². The van der Waals surface area contributed by atoms with Crippen molar-refractivity contribution in [2.45, 2.75) is 95.0 Å². The summed E-state index contributed by atoms with van der Waals surface area (Å²) in [6.45, 7) is 0.509. The summed E-state index contributed by atoms with van der Waals surface area (Å²) in [5.74, 6) is 0.00794. The van der Waals surface area contributed by atoms with Gasteiger partial charge in [0, 0.05) is 6.42 Å². The Hall–Kier alpha value is -1.14. The highest BCUT2D eigenvalue weighted by Crippen LogP contribution is 2.42. The molecule has 4 rings (SSSR count). The molecule has 1 N–H and O–H groups in total. The molecular formula is C21H32O6. The van der Waals surface area contributed by atoms with E-state index in [2.05, 4.69) is 0 Å². The van der Waals surface area contributed by atoms with Crippen LogP contribution in [0.2, 0.25) is 0 Å². The van der Waals surface area contributed by atoms with E-state index in [1.165, 1.54) is 0 Å². The molecule has 0 aromatic rings. The standard InChI is InChI=1S/C21H32O6/c22-20(23)4-2-1-3-15(9-13-5-7-16-18(10-13)26-16)21(24)25-12-14-6-8-17-19(11-14)27-17/h13-19H,1-12H2,(H,22,23). The van der Waals surface area contributed by atoms with Gasteiger partial charge in [0.1, 0.15) is 0 Å². The first-order valence-corrected chi connectivity index (χ1v) is 10.8. The minimum Gasteiger partial charge on any atom is -0.481 e. The number of aliphatic carboxylic acids is 1.